The van der Waals surface area contributed by atoms with Crippen LogP contribution < -0.4 is 0 Å². The van der Waals surface area contributed by atoms with E-state index in [0.717, 1.165) is 24.2 Å². The van der Waals surface area contributed by atoms with E-state index in [-0.39, 0.29) is 12.1 Å². The molecule has 3 aliphatic rings. The van der Waals surface area contributed by atoms with Gasteiger partial charge in [0.1, 0.15) is 6.10 Å². The zero-order chi connectivity index (χ0) is 13.4. The summed E-state index contributed by atoms with van der Waals surface area (Å²) in [5.41, 5.74) is 0.539. The molecule has 0 aromatic heterocycles. The molecular formula is C17H26O2. The molecule has 0 amide bonds. The first-order valence-corrected chi connectivity index (χ1v) is 8.03. The van der Waals surface area contributed by atoms with E-state index in [1.54, 1.807) is 6.92 Å². The predicted molar refractivity (Wildman–Crippen MR) is 75.6 cm³/mol. The second-order valence-corrected chi connectivity index (χ2v) is 6.93. The SMILES string of the molecule is C=C(C)C(=O)OC1CCCC2C3CCCCC3CC12. The maximum absolute atomic E-state index is 11.8. The van der Waals surface area contributed by atoms with Crippen LogP contribution in [0, 0.1) is 23.7 Å². The molecule has 0 N–H and O–H groups in total. The molecule has 0 saturated heterocycles. The highest BCUT2D eigenvalue weighted by Gasteiger charge is 2.49. The summed E-state index contributed by atoms with van der Waals surface area (Å²) in [6.07, 6.45) is 10.8. The van der Waals surface area contributed by atoms with Gasteiger partial charge in [0.05, 0.1) is 0 Å². The Bertz CT molecular complexity index is 373. The van der Waals surface area contributed by atoms with Crippen molar-refractivity contribution < 1.29 is 9.53 Å². The lowest BCUT2D eigenvalue weighted by Crippen LogP contribution is -2.35. The summed E-state index contributed by atoms with van der Waals surface area (Å²) in [5.74, 6) is 3.16. The average molecular weight is 262 g/mol. The van der Waals surface area contributed by atoms with Gasteiger partial charge in [0.25, 0.3) is 0 Å². The highest BCUT2D eigenvalue weighted by Crippen LogP contribution is 2.54. The molecule has 19 heavy (non-hydrogen) atoms. The Balaban J connectivity index is 1.70. The highest BCUT2D eigenvalue weighted by atomic mass is 16.5. The van der Waals surface area contributed by atoms with Crippen LogP contribution in [0.3, 0.4) is 0 Å². The molecule has 0 heterocycles. The van der Waals surface area contributed by atoms with Crippen LogP contribution in [0.5, 0.6) is 0 Å². The summed E-state index contributed by atoms with van der Waals surface area (Å²) in [4.78, 5) is 11.8. The van der Waals surface area contributed by atoms with Crippen molar-refractivity contribution in [2.24, 2.45) is 23.7 Å². The monoisotopic (exact) mass is 262 g/mol. The molecule has 5 atom stereocenters. The topological polar surface area (TPSA) is 26.3 Å². The molecule has 0 aromatic carbocycles. The Morgan fingerprint density at radius 1 is 1.00 bits per heavy atom. The Hall–Kier alpha value is -0.790. The molecule has 0 spiro atoms. The van der Waals surface area contributed by atoms with Gasteiger partial charge >= 0.3 is 5.97 Å². The number of rotatable bonds is 2. The van der Waals surface area contributed by atoms with Crippen LogP contribution in [0.25, 0.3) is 0 Å². The average Bonchev–Trinajstić information content (AvgIpc) is 2.78. The highest BCUT2D eigenvalue weighted by molar-refractivity contribution is 5.87. The molecule has 3 rings (SSSR count). The van der Waals surface area contributed by atoms with E-state index in [1.165, 1.54) is 44.9 Å². The van der Waals surface area contributed by atoms with E-state index in [9.17, 15) is 4.79 Å². The number of ether oxygens (including phenoxy) is 1. The molecule has 2 nitrogen and oxygen atoms in total. The van der Waals surface area contributed by atoms with E-state index in [2.05, 4.69) is 6.58 Å². The summed E-state index contributed by atoms with van der Waals surface area (Å²) >= 11 is 0. The first-order chi connectivity index (χ1) is 9.16. The minimum Gasteiger partial charge on any atom is -0.459 e. The van der Waals surface area contributed by atoms with Crippen LogP contribution in [0.4, 0.5) is 0 Å². The van der Waals surface area contributed by atoms with Crippen LogP contribution in [0.1, 0.15) is 58.3 Å². The van der Waals surface area contributed by atoms with Crippen molar-refractivity contribution in [3.8, 4) is 0 Å². The van der Waals surface area contributed by atoms with Crippen molar-refractivity contribution >= 4 is 5.97 Å². The molecule has 106 valence electrons. The molecule has 2 heteroatoms. The fourth-order valence-electron chi connectivity index (χ4n) is 4.94. The normalized spacial score (nSPS) is 41.2. The summed E-state index contributed by atoms with van der Waals surface area (Å²) in [7, 11) is 0. The van der Waals surface area contributed by atoms with Gasteiger partial charge in [-0.3, -0.25) is 0 Å². The number of carbonyl (C=O) groups is 1. The van der Waals surface area contributed by atoms with Gasteiger partial charge in [0.2, 0.25) is 0 Å². The molecular weight excluding hydrogens is 236 g/mol. The van der Waals surface area contributed by atoms with Crippen LogP contribution in [-0.4, -0.2) is 12.1 Å². The van der Waals surface area contributed by atoms with E-state index in [0.29, 0.717) is 11.5 Å². The van der Waals surface area contributed by atoms with Gasteiger partial charge in [-0.2, -0.15) is 0 Å². The van der Waals surface area contributed by atoms with Gasteiger partial charge < -0.3 is 4.74 Å². The largest absolute Gasteiger partial charge is 0.459 e. The quantitative estimate of drug-likeness (QED) is 0.553. The maximum atomic E-state index is 11.8. The number of fused-ring (bicyclic) bond motifs is 3. The van der Waals surface area contributed by atoms with Gasteiger partial charge in [0.15, 0.2) is 0 Å². The third-order valence-electron chi connectivity index (χ3n) is 5.75. The minimum atomic E-state index is -0.180. The van der Waals surface area contributed by atoms with Crippen LogP contribution >= 0.6 is 0 Å². The van der Waals surface area contributed by atoms with Crippen molar-refractivity contribution in [1.29, 1.82) is 0 Å². The summed E-state index contributed by atoms with van der Waals surface area (Å²) in [6, 6.07) is 0. The molecule has 0 radical (unpaired) electrons. The molecule has 3 fully saturated rings. The van der Waals surface area contributed by atoms with Crippen molar-refractivity contribution in [1.82, 2.24) is 0 Å². The molecule has 0 aromatic rings. The first-order valence-electron chi connectivity index (χ1n) is 8.03. The number of hydrogen-bond acceptors (Lipinski definition) is 2. The van der Waals surface area contributed by atoms with Crippen molar-refractivity contribution in [3.63, 3.8) is 0 Å². The zero-order valence-corrected chi connectivity index (χ0v) is 12.1. The lowest BCUT2D eigenvalue weighted by Gasteiger charge is -2.36. The van der Waals surface area contributed by atoms with E-state index in [1.807, 2.05) is 0 Å². The summed E-state index contributed by atoms with van der Waals surface area (Å²) < 4.78 is 5.73. The van der Waals surface area contributed by atoms with Crippen LogP contribution in [0.2, 0.25) is 0 Å². The van der Waals surface area contributed by atoms with Crippen molar-refractivity contribution in [3.05, 3.63) is 12.2 Å². The van der Waals surface area contributed by atoms with E-state index in [4.69, 9.17) is 4.74 Å². The Kier molecular flexibility index (Phi) is 3.68. The van der Waals surface area contributed by atoms with Crippen molar-refractivity contribution in [2.75, 3.05) is 0 Å². The lowest BCUT2D eigenvalue weighted by atomic mass is 9.72. The number of hydrogen-bond donors (Lipinski definition) is 0. The van der Waals surface area contributed by atoms with Gasteiger partial charge in [0, 0.05) is 5.57 Å². The van der Waals surface area contributed by atoms with E-state index < -0.39 is 0 Å². The molecule has 3 saturated carbocycles. The molecule has 0 aliphatic heterocycles. The van der Waals surface area contributed by atoms with E-state index >= 15 is 0 Å². The van der Waals surface area contributed by atoms with Gasteiger partial charge in [-0.1, -0.05) is 25.8 Å². The molecule has 3 aliphatic carbocycles. The Morgan fingerprint density at radius 2 is 1.74 bits per heavy atom. The van der Waals surface area contributed by atoms with Gasteiger partial charge in [-0.15, -0.1) is 0 Å². The maximum Gasteiger partial charge on any atom is 0.333 e. The smallest absolute Gasteiger partial charge is 0.333 e. The lowest BCUT2D eigenvalue weighted by molar-refractivity contribution is -0.150. The van der Waals surface area contributed by atoms with Crippen LogP contribution in [-0.2, 0) is 9.53 Å². The summed E-state index contributed by atoms with van der Waals surface area (Å²) in [5, 5.41) is 0. The second-order valence-electron chi connectivity index (χ2n) is 6.93. The Morgan fingerprint density at radius 3 is 2.53 bits per heavy atom. The van der Waals surface area contributed by atoms with Crippen LogP contribution in [0.15, 0.2) is 12.2 Å². The number of esters is 1. The zero-order valence-electron chi connectivity index (χ0n) is 12.1. The second kappa shape index (κ2) is 5.30. The predicted octanol–water partition coefficient (Wildman–Crippen LogP) is 4.10. The summed E-state index contributed by atoms with van der Waals surface area (Å²) in [6.45, 7) is 5.45. The van der Waals surface area contributed by atoms with Crippen molar-refractivity contribution in [2.45, 2.75) is 64.4 Å². The third kappa shape index (κ3) is 2.46. The fourth-order valence-corrected chi connectivity index (χ4v) is 4.94. The number of carbonyl (C=O) groups excluding carboxylic acids is 1. The van der Waals surface area contributed by atoms with Gasteiger partial charge in [-0.25, -0.2) is 4.79 Å². The molecule has 5 unspecified atom stereocenters. The first kappa shape index (κ1) is 13.2. The standard InChI is InChI=1S/C17H26O2/c1-11(2)17(18)19-16-9-5-8-14-13-7-4-3-6-12(13)10-15(14)16/h12-16H,1,3-10H2,2H3. The Labute approximate surface area is 116 Å². The third-order valence-corrected chi connectivity index (χ3v) is 5.75. The fraction of sp³-hybridized carbons (Fsp3) is 0.824. The minimum absolute atomic E-state index is 0.175. The molecule has 0 bridgehead atoms. The van der Waals surface area contributed by atoms with Gasteiger partial charge in [-0.05, 0) is 62.7 Å².